The summed E-state index contributed by atoms with van der Waals surface area (Å²) in [6, 6.07) is 7.07. The first-order valence-electron chi connectivity index (χ1n) is 6.97. The van der Waals surface area contributed by atoms with E-state index in [1.807, 2.05) is 6.92 Å². The molecule has 0 bridgehead atoms. The zero-order valence-corrected chi connectivity index (χ0v) is 14.3. The van der Waals surface area contributed by atoms with Crippen molar-refractivity contribution in [2.24, 2.45) is 0 Å². The molecule has 0 aliphatic carbocycles. The number of hydrogen-bond donors (Lipinski definition) is 1. The molecular formula is C13H13N7O2S2. The van der Waals surface area contributed by atoms with E-state index in [1.165, 1.54) is 22.3 Å². The van der Waals surface area contributed by atoms with Crippen LogP contribution in [0.4, 0.5) is 5.13 Å². The average molecular weight is 363 g/mol. The third kappa shape index (κ3) is 4.26. The van der Waals surface area contributed by atoms with Crippen LogP contribution in [-0.2, 0) is 4.79 Å². The lowest BCUT2D eigenvalue weighted by atomic mass is 10.3. The first-order valence-corrected chi connectivity index (χ1v) is 8.77. The molecule has 0 aliphatic rings. The van der Waals surface area contributed by atoms with Crippen molar-refractivity contribution in [3.05, 3.63) is 30.6 Å². The highest BCUT2D eigenvalue weighted by Crippen LogP contribution is 2.24. The summed E-state index contributed by atoms with van der Waals surface area (Å²) in [7, 11) is 0. The zero-order chi connectivity index (χ0) is 16.8. The van der Waals surface area contributed by atoms with Crippen molar-refractivity contribution < 1.29 is 9.53 Å². The van der Waals surface area contributed by atoms with Gasteiger partial charge in [0.1, 0.15) is 12.1 Å². The molecule has 0 radical (unpaired) electrons. The molecule has 0 saturated carbocycles. The Hall–Kier alpha value is -2.53. The van der Waals surface area contributed by atoms with Crippen LogP contribution in [0.25, 0.3) is 5.69 Å². The van der Waals surface area contributed by atoms with Crippen LogP contribution in [0.5, 0.6) is 5.75 Å². The van der Waals surface area contributed by atoms with Crippen molar-refractivity contribution in [1.29, 1.82) is 0 Å². The van der Waals surface area contributed by atoms with Crippen LogP contribution in [-0.4, -0.2) is 48.7 Å². The molecule has 1 amide bonds. The number of anilines is 1. The molecule has 1 N–H and O–H groups in total. The number of hydrogen-bond acceptors (Lipinski definition) is 9. The van der Waals surface area contributed by atoms with E-state index in [0.29, 0.717) is 10.9 Å². The molecule has 0 spiro atoms. The SMILES string of the molecule is CCSc1nnc(NC(=O)COc2ccc(-n3cnnn3)cc2)s1. The van der Waals surface area contributed by atoms with Gasteiger partial charge in [-0.1, -0.05) is 30.0 Å². The Bertz CT molecular complexity index is 789. The number of nitrogens with zero attached hydrogens (tertiary/aromatic N) is 6. The Kier molecular flexibility index (Phi) is 5.33. The molecule has 3 aromatic rings. The Morgan fingerprint density at radius 2 is 2.17 bits per heavy atom. The smallest absolute Gasteiger partial charge is 0.264 e. The number of rotatable bonds is 7. The number of thioether (sulfide) groups is 1. The average Bonchev–Trinajstić information content (AvgIpc) is 3.26. The number of benzene rings is 1. The summed E-state index contributed by atoms with van der Waals surface area (Å²) in [6.07, 6.45) is 1.50. The minimum atomic E-state index is -0.288. The van der Waals surface area contributed by atoms with E-state index < -0.39 is 0 Å². The molecule has 1 aromatic carbocycles. The zero-order valence-electron chi connectivity index (χ0n) is 12.6. The maximum atomic E-state index is 11.9. The summed E-state index contributed by atoms with van der Waals surface area (Å²) in [4.78, 5) is 11.9. The van der Waals surface area contributed by atoms with E-state index in [2.05, 4.69) is 31.0 Å². The number of carbonyl (C=O) groups excluding carboxylic acids is 1. The lowest BCUT2D eigenvalue weighted by Gasteiger charge is -2.06. The second-order valence-corrected chi connectivity index (χ2v) is 6.88. The molecule has 0 aliphatic heterocycles. The summed E-state index contributed by atoms with van der Waals surface area (Å²) >= 11 is 2.92. The van der Waals surface area contributed by atoms with Crippen LogP contribution < -0.4 is 10.1 Å². The Morgan fingerprint density at radius 1 is 1.33 bits per heavy atom. The Morgan fingerprint density at radius 3 is 2.88 bits per heavy atom. The van der Waals surface area contributed by atoms with Crippen molar-refractivity contribution in [2.45, 2.75) is 11.3 Å². The standard InChI is InChI=1S/C13H13N7O2S2/c1-2-23-13-17-16-12(24-13)15-11(21)7-22-10-5-3-9(4-6-10)20-8-14-18-19-20/h3-6,8H,2,7H2,1H3,(H,15,16,21). The molecule has 0 unspecified atom stereocenters. The van der Waals surface area contributed by atoms with Gasteiger partial charge in [0, 0.05) is 0 Å². The molecule has 9 nitrogen and oxygen atoms in total. The van der Waals surface area contributed by atoms with Crippen molar-refractivity contribution in [2.75, 3.05) is 17.7 Å². The van der Waals surface area contributed by atoms with Crippen molar-refractivity contribution in [1.82, 2.24) is 30.4 Å². The van der Waals surface area contributed by atoms with Gasteiger partial charge < -0.3 is 4.74 Å². The maximum Gasteiger partial charge on any atom is 0.264 e. The van der Waals surface area contributed by atoms with Crippen molar-refractivity contribution in [3.8, 4) is 11.4 Å². The summed E-state index contributed by atoms with van der Waals surface area (Å²) in [5.41, 5.74) is 0.798. The number of aromatic nitrogens is 6. The molecule has 11 heteroatoms. The number of carbonyl (C=O) groups is 1. The van der Waals surface area contributed by atoms with Crippen molar-refractivity contribution in [3.63, 3.8) is 0 Å². The fourth-order valence-corrected chi connectivity index (χ4v) is 3.39. The van der Waals surface area contributed by atoms with Crippen LogP contribution in [0.15, 0.2) is 34.9 Å². The van der Waals surface area contributed by atoms with Gasteiger partial charge in [0.25, 0.3) is 5.91 Å². The minimum Gasteiger partial charge on any atom is -0.484 e. The summed E-state index contributed by atoms with van der Waals surface area (Å²) < 4.78 is 7.80. The van der Waals surface area contributed by atoms with Crippen LogP contribution in [0.1, 0.15) is 6.92 Å². The van der Waals surface area contributed by atoms with Crippen LogP contribution in [0.3, 0.4) is 0 Å². The van der Waals surface area contributed by atoms with Gasteiger partial charge in [-0.3, -0.25) is 10.1 Å². The fourth-order valence-electron chi connectivity index (χ4n) is 1.72. The van der Waals surface area contributed by atoms with Crippen LogP contribution in [0.2, 0.25) is 0 Å². The maximum absolute atomic E-state index is 11.9. The van der Waals surface area contributed by atoms with Gasteiger partial charge in [-0.05, 0) is 40.4 Å². The highest BCUT2D eigenvalue weighted by Gasteiger charge is 2.09. The first-order chi connectivity index (χ1) is 11.7. The summed E-state index contributed by atoms with van der Waals surface area (Å²) in [5.74, 6) is 1.19. The lowest BCUT2D eigenvalue weighted by molar-refractivity contribution is -0.118. The van der Waals surface area contributed by atoms with Gasteiger partial charge in [-0.2, -0.15) is 0 Å². The minimum absolute atomic E-state index is 0.111. The summed E-state index contributed by atoms with van der Waals surface area (Å²) in [5, 5.41) is 21.9. The van der Waals surface area contributed by atoms with Gasteiger partial charge in [-0.15, -0.1) is 15.3 Å². The van der Waals surface area contributed by atoms with Gasteiger partial charge in [0.15, 0.2) is 10.9 Å². The molecule has 0 atom stereocenters. The lowest BCUT2D eigenvalue weighted by Crippen LogP contribution is -2.20. The molecular weight excluding hydrogens is 350 g/mol. The summed E-state index contributed by atoms with van der Waals surface area (Å²) in [6.45, 7) is 1.92. The number of amides is 1. The normalized spacial score (nSPS) is 10.5. The third-order valence-electron chi connectivity index (χ3n) is 2.74. The third-order valence-corrected chi connectivity index (χ3v) is 4.59. The predicted molar refractivity (Wildman–Crippen MR) is 89.6 cm³/mol. The van der Waals surface area contributed by atoms with Crippen LogP contribution >= 0.6 is 23.1 Å². The van der Waals surface area contributed by atoms with Crippen LogP contribution in [0, 0.1) is 0 Å². The number of ether oxygens (including phenoxy) is 1. The molecule has 124 valence electrons. The van der Waals surface area contributed by atoms with Gasteiger partial charge in [0.05, 0.1) is 5.69 Å². The molecule has 24 heavy (non-hydrogen) atoms. The monoisotopic (exact) mass is 363 g/mol. The van der Waals surface area contributed by atoms with Gasteiger partial charge >= 0.3 is 0 Å². The van der Waals surface area contributed by atoms with E-state index in [0.717, 1.165) is 15.8 Å². The van der Waals surface area contributed by atoms with E-state index in [1.54, 1.807) is 36.0 Å². The number of nitrogens with one attached hydrogen (secondary N) is 1. The first kappa shape index (κ1) is 16.3. The van der Waals surface area contributed by atoms with Crippen molar-refractivity contribution >= 4 is 34.1 Å². The molecule has 0 saturated heterocycles. The quantitative estimate of drug-likeness (QED) is 0.499. The largest absolute Gasteiger partial charge is 0.484 e. The molecule has 3 rings (SSSR count). The van der Waals surface area contributed by atoms with E-state index >= 15 is 0 Å². The predicted octanol–water partition coefficient (Wildman–Crippen LogP) is 1.64. The highest BCUT2D eigenvalue weighted by atomic mass is 32.2. The number of tetrazole rings is 1. The molecule has 0 fully saturated rings. The second kappa shape index (κ2) is 7.84. The molecule has 2 aromatic heterocycles. The fraction of sp³-hybridized carbons (Fsp3) is 0.231. The Balaban J connectivity index is 1.50. The second-order valence-electron chi connectivity index (χ2n) is 4.39. The van der Waals surface area contributed by atoms with E-state index in [9.17, 15) is 4.79 Å². The Labute approximate surface area is 145 Å². The van der Waals surface area contributed by atoms with Gasteiger partial charge in [0.2, 0.25) is 5.13 Å². The van der Waals surface area contributed by atoms with E-state index in [-0.39, 0.29) is 12.5 Å². The van der Waals surface area contributed by atoms with E-state index in [4.69, 9.17) is 4.74 Å². The van der Waals surface area contributed by atoms with Gasteiger partial charge in [-0.25, -0.2) is 4.68 Å². The molecule has 2 heterocycles. The highest BCUT2D eigenvalue weighted by molar-refractivity contribution is 8.01. The topological polar surface area (TPSA) is 108 Å².